The minimum Gasteiger partial charge on any atom is -0.492 e. The highest BCUT2D eigenvalue weighted by Gasteiger charge is 2.30. The molecule has 6 nitrogen and oxygen atoms in total. The van der Waals surface area contributed by atoms with Crippen molar-refractivity contribution < 1.29 is 9.53 Å². The number of carbonyl (C=O) groups excluding carboxylic acids is 1. The van der Waals surface area contributed by atoms with Gasteiger partial charge in [0.15, 0.2) is 5.82 Å². The highest BCUT2D eigenvalue weighted by molar-refractivity contribution is 5.96. The first kappa shape index (κ1) is 13.3. The molecule has 4 rings (SSSR count). The van der Waals surface area contributed by atoms with Crippen LogP contribution < -0.4 is 15.4 Å². The van der Waals surface area contributed by atoms with Gasteiger partial charge in [0.1, 0.15) is 18.3 Å². The standard InChI is InChI=1S/C16H18N4O2/c21-16(13-10-22-14-4-2-1-3-12(13)14)18-15-6-8-20(19-15)11-5-7-17-9-11/h1-4,6,8,11,13,17H,5,7,9-10H2,(H,18,19,21). The van der Waals surface area contributed by atoms with E-state index in [2.05, 4.69) is 15.7 Å². The number of hydrogen-bond donors (Lipinski definition) is 2. The highest BCUT2D eigenvalue weighted by Crippen LogP contribution is 2.34. The number of amides is 1. The summed E-state index contributed by atoms with van der Waals surface area (Å²) in [6.07, 6.45) is 2.99. The molecule has 2 aliphatic rings. The summed E-state index contributed by atoms with van der Waals surface area (Å²) in [5.74, 6) is 1.06. The van der Waals surface area contributed by atoms with Crippen molar-refractivity contribution in [2.75, 3.05) is 25.0 Å². The van der Waals surface area contributed by atoms with E-state index in [-0.39, 0.29) is 11.8 Å². The molecule has 22 heavy (non-hydrogen) atoms. The van der Waals surface area contributed by atoms with Gasteiger partial charge in [-0.2, -0.15) is 5.10 Å². The van der Waals surface area contributed by atoms with Crippen molar-refractivity contribution in [1.29, 1.82) is 0 Å². The fraction of sp³-hybridized carbons (Fsp3) is 0.375. The van der Waals surface area contributed by atoms with E-state index in [4.69, 9.17) is 4.74 Å². The molecule has 0 saturated carbocycles. The number of aromatic nitrogens is 2. The summed E-state index contributed by atoms with van der Waals surface area (Å²) < 4.78 is 7.49. The first-order valence-electron chi connectivity index (χ1n) is 7.60. The molecule has 1 aromatic carbocycles. The maximum Gasteiger partial charge on any atom is 0.236 e. The van der Waals surface area contributed by atoms with Crippen LogP contribution in [-0.4, -0.2) is 35.4 Å². The molecule has 2 unspecified atom stereocenters. The summed E-state index contributed by atoms with van der Waals surface area (Å²) >= 11 is 0. The van der Waals surface area contributed by atoms with Crippen molar-refractivity contribution in [2.45, 2.75) is 18.4 Å². The molecule has 1 amide bonds. The van der Waals surface area contributed by atoms with Crippen LogP contribution in [0.1, 0.15) is 23.9 Å². The van der Waals surface area contributed by atoms with Crippen LogP contribution in [0.15, 0.2) is 36.5 Å². The average Bonchev–Trinajstić information content (AvgIpc) is 3.27. The van der Waals surface area contributed by atoms with E-state index in [0.717, 1.165) is 30.8 Å². The zero-order valence-corrected chi connectivity index (χ0v) is 12.2. The van der Waals surface area contributed by atoms with Crippen LogP contribution in [0.4, 0.5) is 5.82 Å². The van der Waals surface area contributed by atoms with Crippen LogP contribution in [0.25, 0.3) is 0 Å². The van der Waals surface area contributed by atoms with Crippen molar-refractivity contribution >= 4 is 11.7 Å². The molecule has 1 aromatic heterocycles. The van der Waals surface area contributed by atoms with Crippen LogP contribution in [0.3, 0.4) is 0 Å². The number of rotatable bonds is 3. The Bertz CT molecular complexity index is 691. The van der Waals surface area contributed by atoms with Gasteiger partial charge in [-0.05, 0) is 19.0 Å². The summed E-state index contributed by atoms with van der Waals surface area (Å²) in [6, 6.07) is 9.89. The SMILES string of the molecule is O=C(Nc1ccn(C2CCNC2)n1)C1COc2ccccc21. The van der Waals surface area contributed by atoms with Gasteiger partial charge >= 0.3 is 0 Å². The number of nitrogens with zero attached hydrogens (tertiary/aromatic N) is 2. The largest absolute Gasteiger partial charge is 0.492 e. The third kappa shape index (κ3) is 2.35. The van der Waals surface area contributed by atoms with Gasteiger partial charge in [-0.3, -0.25) is 9.48 Å². The lowest BCUT2D eigenvalue weighted by Crippen LogP contribution is -2.22. The Morgan fingerprint density at radius 2 is 2.27 bits per heavy atom. The second-order valence-electron chi connectivity index (χ2n) is 5.72. The Balaban J connectivity index is 1.46. The third-order valence-electron chi connectivity index (χ3n) is 4.28. The molecule has 3 heterocycles. The van der Waals surface area contributed by atoms with Crippen molar-refractivity contribution in [1.82, 2.24) is 15.1 Å². The first-order chi connectivity index (χ1) is 10.8. The number of benzene rings is 1. The van der Waals surface area contributed by atoms with Gasteiger partial charge in [0.05, 0.1) is 6.04 Å². The zero-order chi connectivity index (χ0) is 14.9. The number of hydrogen-bond acceptors (Lipinski definition) is 4. The zero-order valence-electron chi connectivity index (χ0n) is 12.2. The van der Waals surface area contributed by atoms with Gasteiger partial charge in [0.25, 0.3) is 0 Å². The van der Waals surface area contributed by atoms with E-state index < -0.39 is 0 Å². The summed E-state index contributed by atoms with van der Waals surface area (Å²) in [5.41, 5.74) is 0.944. The molecule has 2 N–H and O–H groups in total. The van der Waals surface area contributed by atoms with E-state index in [1.807, 2.05) is 41.2 Å². The quantitative estimate of drug-likeness (QED) is 0.902. The molecule has 114 valence electrons. The highest BCUT2D eigenvalue weighted by atomic mass is 16.5. The van der Waals surface area contributed by atoms with Crippen molar-refractivity contribution in [2.24, 2.45) is 0 Å². The van der Waals surface area contributed by atoms with E-state index in [1.165, 1.54) is 0 Å². The number of ether oxygens (including phenoxy) is 1. The lowest BCUT2D eigenvalue weighted by atomic mass is 10.0. The molecule has 1 fully saturated rings. The Morgan fingerprint density at radius 1 is 1.36 bits per heavy atom. The lowest BCUT2D eigenvalue weighted by molar-refractivity contribution is -0.117. The van der Waals surface area contributed by atoms with Crippen LogP contribution in [-0.2, 0) is 4.79 Å². The Hall–Kier alpha value is -2.34. The Morgan fingerprint density at radius 3 is 3.14 bits per heavy atom. The predicted octanol–water partition coefficient (Wildman–Crippen LogP) is 1.53. The lowest BCUT2D eigenvalue weighted by Gasteiger charge is -2.10. The molecule has 2 atom stereocenters. The van der Waals surface area contributed by atoms with Crippen molar-refractivity contribution in [3.05, 3.63) is 42.1 Å². The van der Waals surface area contributed by atoms with Crippen LogP contribution in [0, 0.1) is 0 Å². The second-order valence-corrected chi connectivity index (χ2v) is 5.72. The maximum atomic E-state index is 12.5. The maximum absolute atomic E-state index is 12.5. The monoisotopic (exact) mass is 298 g/mol. The van der Waals surface area contributed by atoms with Gasteiger partial charge in [-0.15, -0.1) is 0 Å². The molecule has 1 saturated heterocycles. The van der Waals surface area contributed by atoms with E-state index in [0.29, 0.717) is 18.5 Å². The number of fused-ring (bicyclic) bond motifs is 1. The van der Waals surface area contributed by atoms with Crippen LogP contribution in [0.2, 0.25) is 0 Å². The summed E-state index contributed by atoms with van der Waals surface area (Å²) in [6.45, 7) is 2.33. The Kier molecular flexibility index (Phi) is 3.31. The number of para-hydroxylation sites is 1. The molecular weight excluding hydrogens is 280 g/mol. The average molecular weight is 298 g/mol. The summed E-state index contributed by atoms with van der Waals surface area (Å²) in [7, 11) is 0. The van der Waals surface area contributed by atoms with Gasteiger partial charge in [-0.1, -0.05) is 18.2 Å². The fourth-order valence-electron chi connectivity index (χ4n) is 3.07. The second kappa shape index (κ2) is 5.46. The number of anilines is 1. The molecule has 6 heteroatoms. The fourth-order valence-corrected chi connectivity index (χ4v) is 3.07. The van der Waals surface area contributed by atoms with E-state index in [9.17, 15) is 4.79 Å². The molecule has 0 bridgehead atoms. The normalized spacial score (nSPS) is 23.1. The van der Waals surface area contributed by atoms with E-state index in [1.54, 1.807) is 0 Å². The molecular formula is C16H18N4O2. The predicted molar refractivity (Wildman–Crippen MR) is 82.1 cm³/mol. The summed E-state index contributed by atoms with van der Waals surface area (Å²) in [5, 5.41) is 10.7. The first-order valence-corrected chi connectivity index (χ1v) is 7.60. The molecule has 2 aromatic rings. The third-order valence-corrected chi connectivity index (χ3v) is 4.28. The van der Waals surface area contributed by atoms with Crippen molar-refractivity contribution in [3.63, 3.8) is 0 Å². The molecule has 2 aliphatic heterocycles. The summed E-state index contributed by atoms with van der Waals surface area (Å²) in [4.78, 5) is 12.5. The van der Waals surface area contributed by atoms with Gasteiger partial charge in [0.2, 0.25) is 5.91 Å². The smallest absolute Gasteiger partial charge is 0.236 e. The molecule has 0 spiro atoms. The molecule has 0 radical (unpaired) electrons. The van der Waals surface area contributed by atoms with Gasteiger partial charge < -0.3 is 15.4 Å². The van der Waals surface area contributed by atoms with Crippen LogP contribution >= 0.6 is 0 Å². The van der Waals surface area contributed by atoms with Gasteiger partial charge in [0, 0.05) is 24.4 Å². The molecule has 0 aliphatic carbocycles. The van der Waals surface area contributed by atoms with Gasteiger partial charge in [-0.25, -0.2) is 0 Å². The number of nitrogens with one attached hydrogen (secondary N) is 2. The topological polar surface area (TPSA) is 68.2 Å². The number of carbonyl (C=O) groups is 1. The van der Waals surface area contributed by atoms with Crippen molar-refractivity contribution in [3.8, 4) is 5.75 Å². The van der Waals surface area contributed by atoms with Crippen LogP contribution in [0.5, 0.6) is 5.75 Å². The minimum absolute atomic E-state index is 0.0697. The minimum atomic E-state index is -0.269. The van der Waals surface area contributed by atoms with E-state index >= 15 is 0 Å². The Labute approximate surface area is 128 Å².